The molecule has 1 aromatic heterocycles. The minimum atomic E-state index is 0.610. The summed E-state index contributed by atoms with van der Waals surface area (Å²) in [5.74, 6) is 0. The lowest BCUT2D eigenvalue weighted by Gasteiger charge is -2.13. The summed E-state index contributed by atoms with van der Waals surface area (Å²) in [5, 5.41) is 9.81. The summed E-state index contributed by atoms with van der Waals surface area (Å²) in [4.78, 5) is 6.48. The van der Waals surface area contributed by atoms with Crippen molar-refractivity contribution in [3.63, 3.8) is 0 Å². The number of hydrogen-bond donors (Lipinski definition) is 0. The first-order valence-electron chi connectivity index (χ1n) is 6.79. The molecule has 0 aliphatic heterocycles. The number of hydrogen-bond acceptors (Lipinski definition) is 5. The standard InChI is InChI=1S/C16H15ClN4S/c1-10-9-11(21(2)3)7-8-13(10)19-20-16-18-15-12(17)5-4-6-14(15)22-16/h4-9H,1-3H3. The van der Waals surface area contributed by atoms with Gasteiger partial charge in [-0.1, -0.05) is 29.0 Å². The van der Waals surface area contributed by atoms with Gasteiger partial charge < -0.3 is 4.90 Å². The summed E-state index contributed by atoms with van der Waals surface area (Å²) < 4.78 is 1.01. The molecule has 0 aliphatic rings. The number of thiazole rings is 1. The van der Waals surface area contributed by atoms with Crippen LogP contribution in [0.4, 0.5) is 16.5 Å². The molecule has 0 bridgehead atoms. The van der Waals surface area contributed by atoms with Crippen molar-refractivity contribution in [2.75, 3.05) is 19.0 Å². The molecule has 3 rings (SSSR count). The molecule has 0 N–H and O–H groups in total. The highest BCUT2D eigenvalue weighted by atomic mass is 35.5. The third kappa shape index (κ3) is 2.96. The highest BCUT2D eigenvalue weighted by molar-refractivity contribution is 7.22. The Bertz CT molecular complexity index is 854. The summed E-state index contributed by atoms with van der Waals surface area (Å²) in [6.07, 6.45) is 0. The molecule has 0 radical (unpaired) electrons. The zero-order valence-corrected chi connectivity index (χ0v) is 14.1. The number of halogens is 1. The first-order chi connectivity index (χ1) is 10.5. The van der Waals surface area contributed by atoms with Crippen LogP contribution in [0.5, 0.6) is 0 Å². The Morgan fingerprint density at radius 1 is 1.14 bits per heavy atom. The van der Waals surface area contributed by atoms with Crippen LogP contribution in [0.2, 0.25) is 5.02 Å². The van der Waals surface area contributed by atoms with E-state index in [1.165, 1.54) is 11.3 Å². The fourth-order valence-electron chi connectivity index (χ4n) is 2.07. The maximum absolute atomic E-state index is 6.13. The van der Waals surface area contributed by atoms with Crippen LogP contribution < -0.4 is 4.90 Å². The Morgan fingerprint density at radius 3 is 2.64 bits per heavy atom. The minimum absolute atomic E-state index is 0.610. The van der Waals surface area contributed by atoms with Gasteiger partial charge in [0.1, 0.15) is 5.52 Å². The smallest absolute Gasteiger partial charge is 0.231 e. The average molecular weight is 331 g/mol. The molecule has 6 heteroatoms. The normalized spacial score (nSPS) is 11.5. The molecule has 2 aromatic carbocycles. The van der Waals surface area contributed by atoms with Gasteiger partial charge in [0.15, 0.2) is 0 Å². The fraction of sp³-hybridized carbons (Fsp3) is 0.188. The number of para-hydroxylation sites is 1. The van der Waals surface area contributed by atoms with E-state index in [9.17, 15) is 0 Å². The van der Waals surface area contributed by atoms with Gasteiger partial charge in [0.05, 0.1) is 15.4 Å². The molecule has 3 aromatic rings. The van der Waals surface area contributed by atoms with Crippen LogP contribution in [0.15, 0.2) is 46.6 Å². The quantitative estimate of drug-likeness (QED) is 0.574. The van der Waals surface area contributed by atoms with E-state index in [4.69, 9.17) is 11.6 Å². The molecule has 0 spiro atoms. The number of fused-ring (bicyclic) bond motifs is 1. The second-order valence-electron chi connectivity index (χ2n) is 5.15. The summed E-state index contributed by atoms with van der Waals surface area (Å²) >= 11 is 7.61. The predicted molar refractivity (Wildman–Crippen MR) is 94.3 cm³/mol. The van der Waals surface area contributed by atoms with Crippen molar-refractivity contribution < 1.29 is 0 Å². The predicted octanol–water partition coefficient (Wildman–Crippen LogP) is 5.74. The van der Waals surface area contributed by atoms with Gasteiger partial charge in [0.25, 0.3) is 0 Å². The van der Waals surface area contributed by atoms with Gasteiger partial charge in [-0.15, -0.1) is 10.2 Å². The van der Waals surface area contributed by atoms with Crippen molar-refractivity contribution >= 4 is 49.7 Å². The minimum Gasteiger partial charge on any atom is -0.378 e. The first-order valence-corrected chi connectivity index (χ1v) is 7.99. The molecular formula is C16H15ClN4S. The van der Waals surface area contributed by atoms with Gasteiger partial charge >= 0.3 is 0 Å². The van der Waals surface area contributed by atoms with Crippen LogP contribution in [-0.2, 0) is 0 Å². The third-order valence-corrected chi connectivity index (χ3v) is 4.51. The monoisotopic (exact) mass is 330 g/mol. The van der Waals surface area contributed by atoms with Crippen molar-refractivity contribution in [1.29, 1.82) is 0 Å². The number of benzene rings is 2. The van der Waals surface area contributed by atoms with Gasteiger partial charge in [-0.3, -0.25) is 0 Å². The fourth-order valence-corrected chi connectivity index (χ4v) is 3.16. The van der Waals surface area contributed by atoms with Crippen molar-refractivity contribution in [3.05, 3.63) is 47.0 Å². The zero-order chi connectivity index (χ0) is 15.7. The van der Waals surface area contributed by atoms with E-state index in [1.54, 1.807) is 0 Å². The molecule has 112 valence electrons. The van der Waals surface area contributed by atoms with E-state index >= 15 is 0 Å². The van der Waals surface area contributed by atoms with Crippen LogP contribution >= 0.6 is 22.9 Å². The van der Waals surface area contributed by atoms with E-state index in [1.807, 2.05) is 51.4 Å². The molecule has 4 nitrogen and oxygen atoms in total. The number of rotatable bonds is 3. The number of aromatic nitrogens is 1. The number of anilines is 1. The van der Waals surface area contributed by atoms with Crippen molar-refractivity contribution in [3.8, 4) is 0 Å². The van der Waals surface area contributed by atoms with Crippen LogP contribution in [0.25, 0.3) is 10.2 Å². The van der Waals surface area contributed by atoms with E-state index in [-0.39, 0.29) is 0 Å². The number of aryl methyl sites for hydroxylation is 1. The molecule has 0 amide bonds. The Balaban J connectivity index is 1.91. The first kappa shape index (κ1) is 14.9. The molecule has 0 atom stereocenters. The zero-order valence-electron chi connectivity index (χ0n) is 12.5. The summed E-state index contributed by atoms with van der Waals surface area (Å²) in [6, 6.07) is 11.8. The van der Waals surface area contributed by atoms with Crippen molar-refractivity contribution in [2.24, 2.45) is 10.2 Å². The maximum atomic E-state index is 6.13. The largest absolute Gasteiger partial charge is 0.378 e. The lowest BCUT2D eigenvalue weighted by molar-refractivity contribution is 1.12. The SMILES string of the molecule is Cc1cc(N(C)C)ccc1N=Nc1nc2c(Cl)cccc2s1. The Morgan fingerprint density at radius 2 is 1.95 bits per heavy atom. The average Bonchev–Trinajstić information content (AvgIpc) is 2.90. The molecule has 0 saturated carbocycles. The molecular weight excluding hydrogens is 316 g/mol. The van der Waals surface area contributed by atoms with E-state index in [0.717, 1.165) is 27.2 Å². The third-order valence-electron chi connectivity index (χ3n) is 3.30. The Labute approximate surface area is 138 Å². The second kappa shape index (κ2) is 6.02. The van der Waals surface area contributed by atoms with E-state index in [2.05, 4.69) is 26.2 Å². The van der Waals surface area contributed by atoms with Crippen LogP contribution in [0.3, 0.4) is 0 Å². The van der Waals surface area contributed by atoms with Crippen molar-refractivity contribution in [1.82, 2.24) is 4.98 Å². The molecule has 0 aliphatic carbocycles. The summed E-state index contributed by atoms with van der Waals surface area (Å²) in [6.45, 7) is 2.02. The maximum Gasteiger partial charge on any atom is 0.231 e. The van der Waals surface area contributed by atoms with E-state index in [0.29, 0.717) is 10.2 Å². The molecule has 22 heavy (non-hydrogen) atoms. The number of azo groups is 1. The Hall–Kier alpha value is -1.98. The van der Waals surface area contributed by atoms with Crippen LogP contribution in [-0.4, -0.2) is 19.1 Å². The molecule has 0 saturated heterocycles. The van der Waals surface area contributed by atoms with E-state index < -0.39 is 0 Å². The number of nitrogens with zero attached hydrogens (tertiary/aromatic N) is 4. The lowest BCUT2D eigenvalue weighted by Crippen LogP contribution is -2.08. The summed E-state index contributed by atoms with van der Waals surface area (Å²) in [5.41, 5.74) is 3.84. The molecule has 1 heterocycles. The molecule has 0 fully saturated rings. The second-order valence-corrected chi connectivity index (χ2v) is 6.56. The Kier molecular flexibility index (Phi) is 4.09. The lowest BCUT2D eigenvalue weighted by atomic mass is 10.2. The summed E-state index contributed by atoms with van der Waals surface area (Å²) in [7, 11) is 4.03. The van der Waals surface area contributed by atoms with Gasteiger partial charge in [-0.2, -0.15) is 0 Å². The van der Waals surface area contributed by atoms with Gasteiger partial charge in [-0.25, -0.2) is 4.98 Å². The topological polar surface area (TPSA) is 40.9 Å². The van der Waals surface area contributed by atoms with Crippen molar-refractivity contribution in [2.45, 2.75) is 6.92 Å². The van der Waals surface area contributed by atoms with Gasteiger partial charge in [-0.05, 0) is 42.8 Å². The van der Waals surface area contributed by atoms with Gasteiger partial charge in [0.2, 0.25) is 5.13 Å². The van der Waals surface area contributed by atoms with Crippen LogP contribution in [0.1, 0.15) is 5.56 Å². The highest BCUT2D eigenvalue weighted by Gasteiger charge is 2.06. The van der Waals surface area contributed by atoms with Crippen LogP contribution in [0, 0.1) is 6.92 Å². The highest BCUT2D eigenvalue weighted by Crippen LogP contribution is 2.33. The molecule has 0 unspecified atom stereocenters. The van der Waals surface area contributed by atoms with Gasteiger partial charge in [0, 0.05) is 19.8 Å².